The molecule has 0 saturated carbocycles. The molecule has 1 aliphatic carbocycles. The molecule has 1 aliphatic rings. The number of para-hydroxylation sites is 2. The highest BCUT2D eigenvalue weighted by Crippen LogP contribution is 2.56. The fourth-order valence-electron chi connectivity index (χ4n) is 11.0. The lowest BCUT2D eigenvalue weighted by Gasteiger charge is -2.33. The molecule has 0 aliphatic heterocycles. The van der Waals surface area contributed by atoms with Crippen LogP contribution >= 0.6 is 0 Å². The van der Waals surface area contributed by atoms with Crippen LogP contribution in [0.3, 0.4) is 0 Å². The Morgan fingerprint density at radius 1 is 0.304 bits per heavy atom. The van der Waals surface area contributed by atoms with E-state index in [1.165, 1.54) is 146 Å². The highest BCUT2D eigenvalue weighted by Gasteiger charge is 2.42. The Morgan fingerprint density at radius 3 is 0.971 bits per heavy atom. The van der Waals surface area contributed by atoms with E-state index < -0.39 is 0 Å². The van der Waals surface area contributed by atoms with E-state index in [1.54, 1.807) is 0 Å². The van der Waals surface area contributed by atoms with E-state index in [9.17, 15) is 0 Å². The van der Waals surface area contributed by atoms with Gasteiger partial charge in [0.2, 0.25) is 0 Å². The molecule has 69 heavy (non-hydrogen) atoms. The zero-order chi connectivity index (χ0) is 47.4. The van der Waals surface area contributed by atoms with Gasteiger partial charge < -0.3 is 9.80 Å². The van der Waals surface area contributed by atoms with E-state index in [0.717, 1.165) is 34.1 Å². The van der Waals surface area contributed by atoms with Gasteiger partial charge in [0, 0.05) is 39.5 Å². The molecule has 350 valence electrons. The van der Waals surface area contributed by atoms with Crippen molar-refractivity contribution in [2.45, 2.75) is 123 Å². The maximum atomic E-state index is 2.60. The van der Waals surface area contributed by atoms with Crippen molar-refractivity contribution in [2.24, 2.45) is 0 Å². The van der Waals surface area contributed by atoms with Crippen molar-refractivity contribution in [1.82, 2.24) is 0 Å². The Kier molecular flexibility index (Phi) is 15.6. The van der Waals surface area contributed by atoms with Gasteiger partial charge in [-0.05, 0) is 156 Å². The first kappa shape index (κ1) is 47.4. The number of aryl methyl sites for hydroxylation is 2. The molecule has 0 bridgehead atoms. The molecular formula is C67H72N2. The summed E-state index contributed by atoms with van der Waals surface area (Å²) in [6.45, 7) is 8.96. The third-order valence-electron chi connectivity index (χ3n) is 14.8. The van der Waals surface area contributed by atoms with Gasteiger partial charge in [0.1, 0.15) is 0 Å². The molecule has 0 heterocycles. The van der Waals surface area contributed by atoms with Gasteiger partial charge in [0.25, 0.3) is 0 Å². The summed E-state index contributed by atoms with van der Waals surface area (Å²) < 4.78 is 0. The molecule has 0 amide bonds. The van der Waals surface area contributed by atoms with Crippen LogP contribution in [0.15, 0.2) is 194 Å². The SMILES string of the molecule is CCCCCCCCC1(CCCCCCCC)c2cc(-c3ccc(N(c4ccccc4)c4ccc(C)cc4)cc3)ccc2-c2ccc(-c3ccc(N(c4ccccc4)c4ccc(C)cc4)cc3)cc21. The summed E-state index contributed by atoms with van der Waals surface area (Å²) in [6.07, 6.45) is 18.0. The Bertz CT molecular complexity index is 2640. The van der Waals surface area contributed by atoms with Gasteiger partial charge in [-0.1, -0.05) is 211 Å². The first-order chi connectivity index (χ1) is 34.0. The summed E-state index contributed by atoms with van der Waals surface area (Å²) in [7, 11) is 0. The topological polar surface area (TPSA) is 6.48 Å². The van der Waals surface area contributed by atoms with Crippen LogP contribution in [0, 0.1) is 13.8 Å². The van der Waals surface area contributed by atoms with Gasteiger partial charge in [0.05, 0.1) is 0 Å². The molecule has 0 aromatic heterocycles. The predicted octanol–water partition coefficient (Wildman–Crippen LogP) is 20.3. The van der Waals surface area contributed by atoms with Crippen molar-refractivity contribution < 1.29 is 0 Å². The van der Waals surface area contributed by atoms with Gasteiger partial charge in [-0.2, -0.15) is 0 Å². The average molecular weight is 905 g/mol. The lowest BCUT2D eigenvalue weighted by Crippen LogP contribution is -2.25. The van der Waals surface area contributed by atoms with Crippen LogP contribution in [-0.2, 0) is 5.41 Å². The minimum absolute atomic E-state index is 0.0445. The van der Waals surface area contributed by atoms with Crippen molar-refractivity contribution in [2.75, 3.05) is 9.80 Å². The lowest BCUT2D eigenvalue weighted by atomic mass is 9.70. The zero-order valence-corrected chi connectivity index (χ0v) is 41.8. The second-order valence-corrected chi connectivity index (χ2v) is 19.7. The monoisotopic (exact) mass is 905 g/mol. The molecule has 0 spiro atoms. The summed E-state index contributed by atoms with van der Waals surface area (Å²) in [5, 5.41) is 0. The average Bonchev–Trinajstić information content (AvgIpc) is 3.66. The van der Waals surface area contributed by atoms with Crippen LogP contribution in [0.1, 0.15) is 126 Å². The second-order valence-electron chi connectivity index (χ2n) is 19.7. The Morgan fingerprint density at radius 2 is 0.609 bits per heavy atom. The van der Waals surface area contributed by atoms with E-state index in [0.29, 0.717) is 0 Å². The zero-order valence-electron chi connectivity index (χ0n) is 41.8. The molecule has 0 atom stereocenters. The van der Waals surface area contributed by atoms with Gasteiger partial charge in [0.15, 0.2) is 0 Å². The number of fused-ring (bicyclic) bond motifs is 3. The summed E-state index contributed by atoms with van der Waals surface area (Å²) >= 11 is 0. The molecule has 9 rings (SSSR count). The van der Waals surface area contributed by atoms with Crippen molar-refractivity contribution in [1.29, 1.82) is 0 Å². The Labute approximate surface area is 414 Å². The Balaban J connectivity index is 1.09. The van der Waals surface area contributed by atoms with Crippen molar-refractivity contribution in [3.05, 3.63) is 216 Å². The number of unbranched alkanes of at least 4 members (excludes halogenated alkanes) is 10. The highest BCUT2D eigenvalue weighted by molar-refractivity contribution is 5.87. The van der Waals surface area contributed by atoms with Crippen molar-refractivity contribution in [3.63, 3.8) is 0 Å². The molecule has 0 saturated heterocycles. The maximum Gasteiger partial charge on any atom is 0.0462 e. The van der Waals surface area contributed by atoms with Crippen LogP contribution in [0.2, 0.25) is 0 Å². The Hall–Kier alpha value is -6.64. The lowest BCUT2D eigenvalue weighted by molar-refractivity contribution is 0.398. The molecule has 2 heteroatoms. The summed E-state index contributed by atoms with van der Waals surface area (Å²) in [5.41, 5.74) is 20.5. The third kappa shape index (κ3) is 10.8. The summed E-state index contributed by atoms with van der Waals surface area (Å²) in [4.78, 5) is 4.73. The van der Waals surface area contributed by atoms with E-state index in [1.807, 2.05) is 0 Å². The summed E-state index contributed by atoms with van der Waals surface area (Å²) in [6, 6.07) is 72.7. The first-order valence-corrected chi connectivity index (χ1v) is 26.3. The van der Waals surface area contributed by atoms with Crippen LogP contribution in [0.25, 0.3) is 33.4 Å². The fourth-order valence-corrected chi connectivity index (χ4v) is 11.0. The predicted molar refractivity (Wildman–Crippen MR) is 298 cm³/mol. The van der Waals surface area contributed by atoms with Gasteiger partial charge >= 0.3 is 0 Å². The number of nitrogens with zero attached hydrogens (tertiary/aromatic N) is 2. The van der Waals surface area contributed by atoms with Crippen LogP contribution < -0.4 is 9.80 Å². The van der Waals surface area contributed by atoms with Crippen LogP contribution in [0.5, 0.6) is 0 Å². The molecule has 8 aromatic carbocycles. The minimum Gasteiger partial charge on any atom is -0.311 e. The first-order valence-electron chi connectivity index (χ1n) is 26.3. The highest BCUT2D eigenvalue weighted by atomic mass is 15.1. The minimum atomic E-state index is -0.0445. The molecule has 0 N–H and O–H groups in total. The van der Waals surface area contributed by atoms with E-state index in [2.05, 4.69) is 232 Å². The van der Waals surface area contributed by atoms with Crippen LogP contribution in [-0.4, -0.2) is 0 Å². The quantitative estimate of drug-likeness (QED) is 0.0625. The van der Waals surface area contributed by atoms with E-state index in [4.69, 9.17) is 0 Å². The number of rotatable bonds is 22. The van der Waals surface area contributed by atoms with E-state index >= 15 is 0 Å². The fraction of sp³-hybridized carbons (Fsp3) is 0.284. The standard InChI is InChI=1S/C67H72N2/c1-5-7-9-11-13-21-47-67(48-22-14-12-10-8-6-2)65-49-55(53-31-41-61(42-32-53)68(57-23-17-15-18-24-57)59-37-27-51(3)28-38-59)35-45-63(65)64-46-36-56(50-66(64)67)54-33-43-62(44-34-54)69(58-25-19-16-20-26-58)60-39-29-52(4)30-40-60/h15-20,23-46,49-50H,5-14,21-22,47-48H2,1-4H3. The molecule has 0 radical (unpaired) electrons. The molecule has 2 nitrogen and oxygen atoms in total. The number of anilines is 6. The maximum absolute atomic E-state index is 2.60. The van der Waals surface area contributed by atoms with Gasteiger partial charge in [-0.25, -0.2) is 0 Å². The van der Waals surface area contributed by atoms with Crippen LogP contribution in [0.4, 0.5) is 34.1 Å². The normalized spacial score (nSPS) is 12.4. The van der Waals surface area contributed by atoms with Gasteiger partial charge in [-0.3, -0.25) is 0 Å². The largest absolute Gasteiger partial charge is 0.311 e. The van der Waals surface area contributed by atoms with E-state index in [-0.39, 0.29) is 5.41 Å². The number of hydrogen-bond acceptors (Lipinski definition) is 2. The third-order valence-corrected chi connectivity index (χ3v) is 14.8. The molecular weight excluding hydrogens is 833 g/mol. The number of benzene rings is 8. The van der Waals surface area contributed by atoms with Crippen molar-refractivity contribution >= 4 is 34.1 Å². The summed E-state index contributed by atoms with van der Waals surface area (Å²) in [5.74, 6) is 0. The van der Waals surface area contributed by atoms with Gasteiger partial charge in [-0.15, -0.1) is 0 Å². The molecule has 8 aromatic rings. The van der Waals surface area contributed by atoms with Crippen molar-refractivity contribution in [3.8, 4) is 33.4 Å². The smallest absolute Gasteiger partial charge is 0.0462 e. The molecule has 0 fully saturated rings. The molecule has 0 unspecified atom stereocenters. The number of hydrogen-bond donors (Lipinski definition) is 0. The second kappa shape index (κ2) is 22.6.